The number of hydrogen-bond donors (Lipinski definition) is 1. The molecular weight excluding hydrogens is 210 g/mol. The van der Waals surface area contributed by atoms with E-state index in [4.69, 9.17) is 0 Å². The van der Waals surface area contributed by atoms with Gasteiger partial charge in [-0.1, -0.05) is 52.0 Å². The van der Waals surface area contributed by atoms with Crippen molar-refractivity contribution in [2.75, 3.05) is 7.05 Å². The van der Waals surface area contributed by atoms with Crippen molar-refractivity contribution in [2.24, 2.45) is 5.92 Å². The lowest BCUT2D eigenvalue weighted by Crippen LogP contribution is -2.38. The third-order valence-electron chi connectivity index (χ3n) is 3.12. The fourth-order valence-corrected chi connectivity index (χ4v) is 1.98. The Balaban J connectivity index is 2.89. The molecule has 1 N–H and O–H groups in total. The number of hydrogen-bond acceptors (Lipinski definition) is 2. The first-order valence-corrected chi connectivity index (χ1v) is 6.28. The highest BCUT2D eigenvalue weighted by molar-refractivity contribution is 6.00. The summed E-state index contributed by atoms with van der Waals surface area (Å²) in [6.45, 7) is 8.42. The quantitative estimate of drug-likeness (QED) is 0.791. The Morgan fingerprint density at radius 3 is 1.94 bits per heavy atom. The third-order valence-corrected chi connectivity index (χ3v) is 3.12. The Hall–Kier alpha value is -1.15. The van der Waals surface area contributed by atoms with Crippen LogP contribution in [0.5, 0.6) is 0 Å². The average Bonchev–Trinajstić information content (AvgIpc) is 2.29. The fourth-order valence-electron chi connectivity index (χ4n) is 1.98. The van der Waals surface area contributed by atoms with Gasteiger partial charge in [0.15, 0.2) is 5.78 Å². The second-order valence-corrected chi connectivity index (χ2v) is 5.15. The molecule has 1 aromatic rings. The summed E-state index contributed by atoms with van der Waals surface area (Å²) in [7, 11) is 1.84. The van der Waals surface area contributed by atoms with Crippen LogP contribution in [0.2, 0.25) is 0 Å². The summed E-state index contributed by atoms with van der Waals surface area (Å²) in [5.41, 5.74) is 2.06. The molecule has 1 unspecified atom stereocenters. The van der Waals surface area contributed by atoms with Gasteiger partial charge in [0.1, 0.15) is 0 Å². The number of Topliss-reactive ketones (excluding diaryl/α,β-unsaturated/α-hetero) is 1. The Morgan fingerprint density at radius 1 is 1.06 bits per heavy atom. The van der Waals surface area contributed by atoms with Crippen molar-refractivity contribution in [1.29, 1.82) is 0 Å². The molecule has 17 heavy (non-hydrogen) atoms. The standard InChI is InChI=1S/C15H23NO/c1-10(2)12-6-8-13(9-7-12)15(17)14(16-5)11(3)4/h6-11,14,16H,1-5H3. The van der Waals surface area contributed by atoms with E-state index in [2.05, 4.69) is 33.0 Å². The van der Waals surface area contributed by atoms with E-state index in [1.54, 1.807) is 0 Å². The molecule has 1 atom stereocenters. The summed E-state index contributed by atoms with van der Waals surface area (Å²) in [5, 5.41) is 3.09. The zero-order valence-electron chi connectivity index (χ0n) is 11.4. The Labute approximate surface area is 104 Å². The van der Waals surface area contributed by atoms with Crippen LogP contribution in [0.3, 0.4) is 0 Å². The highest BCUT2D eigenvalue weighted by atomic mass is 16.1. The molecule has 0 aromatic heterocycles. The minimum atomic E-state index is -0.0973. The highest BCUT2D eigenvalue weighted by Crippen LogP contribution is 2.16. The molecule has 0 fully saturated rings. The van der Waals surface area contributed by atoms with Crippen molar-refractivity contribution in [1.82, 2.24) is 5.32 Å². The van der Waals surface area contributed by atoms with Gasteiger partial charge in [-0.05, 0) is 24.4 Å². The van der Waals surface area contributed by atoms with Crippen molar-refractivity contribution >= 4 is 5.78 Å². The number of ketones is 1. The minimum Gasteiger partial charge on any atom is -0.310 e. The lowest BCUT2D eigenvalue weighted by molar-refractivity contribution is 0.0922. The van der Waals surface area contributed by atoms with Gasteiger partial charge in [-0.3, -0.25) is 4.79 Å². The van der Waals surface area contributed by atoms with Crippen LogP contribution in [0.15, 0.2) is 24.3 Å². The van der Waals surface area contributed by atoms with E-state index in [0.717, 1.165) is 5.56 Å². The van der Waals surface area contributed by atoms with Crippen LogP contribution < -0.4 is 5.32 Å². The summed E-state index contributed by atoms with van der Waals surface area (Å²) < 4.78 is 0. The van der Waals surface area contributed by atoms with Crippen molar-refractivity contribution in [3.05, 3.63) is 35.4 Å². The molecule has 0 spiro atoms. The third kappa shape index (κ3) is 3.40. The van der Waals surface area contributed by atoms with Gasteiger partial charge in [-0.25, -0.2) is 0 Å². The Kier molecular flexibility index (Phi) is 4.88. The molecule has 1 aromatic carbocycles. The number of benzene rings is 1. The molecule has 0 heterocycles. The molecule has 0 bridgehead atoms. The van der Waals surface area contributed by atoms with Gasteiger partial charge in [0, 0.05) is 5.56 Å². The molecular formula is C15H23NO. The number of carbonyl (C=O) groups is 1. The monoisotopic (exact) mass is 233 g/mol. The summed E-state index contributed by atoms with van der Waals surface area (Å²) in [6, 6.07) is 7.87. The van der Waals surface area contributed by atoms with E-state index in [0.29, 0.717) is 11.8 Å². The van der Waals surface area contributed by atoms with Gasteiger partial charge < -0.3 is 5.32 Å². The minimum absolute atomic E-state index is 0.0973. The topological polar surface area (TPSA) is 29.1 Å². The van der Waals surface area contributed by atoms with Crippen molar-refractivity contribution in [3.63, 3.8) is 0 Å². The van der Waals surface area contributed by atoms with Gasteiger partial charge >= 0.3 is 0 Å². The molecule has 0 aliphatic rings. The largest absolute Gasteiger partial charge is 0.310 e. The maximum absolute atomic E-state index is 12.2. The lowest BCUT2D eigenvalue weighted by atomic mass is 9.93. The van der Waals surface area contributed by atoms with E-state index in [1.807, 2.05) is 31.3 Å². The number of nitrogens with one attached hydrogen (secondary N) is 1. The molecule has 2 heteroatoms. The van der Waals surface area contributed by atoms with E-state index < -0.39 is 0 Å². The highest BCUT2D eigenvalue weighted by Gasteiger charge is 2.21. The molecule has 2 nitrogen and oxygen atoms in total. The second-order valence-electron chi connectivity index (χ2n) is 5.15. The van der Waals surface area contributed by atoms with Crippen molar-refractivity contribution < 1.29 is 4.79 Å². The molecule has 0 radical (unpaired) electrons. The van der Waals surface area contributed by atoms with Crippen LogP contribution in [0.1, 0.15) is 49.5 Å². The van der Waals surface area contributed by atoms with Gasteiger partial charge in [0.2, 0.25) is 0 Å². The number of likely N-dealkylation sites (N-methyl/N-ethyl adjacent to an activating group) is 1. The first kappa shape index (κ1) is 13.9. The first-order valence-electron chi connectivity index (χ1n) is 6.28. The average molecular weight is 233 g/mol. The van der Waals surface area contributed by atoms with Crippen LogP contribution in [0.25, 0.3) is 0 Å². The summed E-state index contributed by atoms with van der Waals surface area (Å²) in [4.78, 5) is 12.2. The molecule has 94 valence electrons. The molecule has 0 aliphatic heterocycles. The van der Waals surface area contributed by atoms with E-state index >= 15 is 0 Å². The van der Waals surface area contributed by atoms with Gasteiger partial charge in [-0.15, -0.1) is 0 Å². The van der Waals surface area contributed by atoms with Crippen LogP contribution in [-0.2, 0) is 0 Å². The fraction of sp³-hybridized carbons (Fsp3) is 0.533. The summed E-state index contributed by atoms with van der Waals surface area (Å²) in [5.74, 6) is 0.986. The molecule has 1 rings (SSSR count). The van der Waals surface area contributed by atoms with Crippen LogP contribution in [0.4, 0.5) is 0 Å². The molecule has 0 saturated heterocycles. The van der Waals surface area contributed by atoms with Crippen LogP contribution in [0, 0.1) is 5.92 Å². The smallest absolute Gasteiger partial charge is 0.179 e. The predicted octanol–water partition coefficient (Wildman–Crippen LogP) is 3.24. The molecule has 0 amide bonds. The Bertz CT molecular complexity index is 365. The zero-order chi connectivity index (χ0) is 13.0. The predicted molar refractivity (Wildman–Crippen MR) is 72.5 cm³/mol. The Morgan fingerprint density at radius 2 is 1.59 bits per heavy atom. The molecule has 0 aliphatic carbocycles. The van der Waals surface area contributed by atoms with Gasteiger partial charge in [0.05, 0.1) is 6.04 Å². The maximum atomic E-state index is 12.2. The summed E-state index contributed by atoms with van der Waals surface area (Å²) in [6.07, 6.45) is 0. The SMILES string of the molecule is CNC(C(=O)c1ccc(C(C)C)cc1)C(C)C. The molecule has 0 saturated carbocycles. The summed E-state index contributed by atoms with van der Waals surface area (Å²) >= 11 is 0. The lowest BCUT2D eigenvalue weighted by Gasteiger charge is -2.19. The normalized spacial score (nSPS) is 13.1. The number of carbonyl (C=O) groups excluding carboxylic acids is 1. The zero-order valence-corrected chi connectivity index (χ0v) is 11.4. The van der Waals surface area contributed by atoms with E-state index in [-0.39, 0.29) is 11.8 Å². The van der Waals surface area contributed by atoms with Gasteiger partial charge in [-0.2, -0.15) is 0 Å². The number of rotatable bonds is 5. The first-order chi connectivity index (χ1) is 7.97. The maximum Gasteiger partial charge on any atom is 0.179 e. The van der Waals surface area contributed by atoms with Crippen molar-refractivity contribution in [2.45, 2.75) is 39.7 Å². The second kappa shape index (κ2) is 5.97. The van der Waals surface area contributed by atoms with Crippen molar-refractivity contribution in [3.8, 4) is 0 Å². The van der Waals surface area contributed by atoms with Crippen LogP contribution >= 0.6 is 0 Å². The van der Waals surface area contributed by atoms with E-state index in [9.17, 15) is 4.79 Å². The van der Waals surface area contributed by atoms with E-state index in [1.165, 1.54) is 5.56 Å². The van der Waals surface area contributed by atoms with Gasteiger partial charge in [0.25, 0.3) is 0 Å². The van der Waals surface area contributed by atoms with Crippen LogP contribution in [-0.4, -0.2) is 18.9 Å².